The van der Waals surface area contributed by atoms with E-state index in [0.29, 0.717) is 19.5 Å². The summed E-state index contributed by atoms with van der Waals surface area (Å²) < 4.78 is 0. The number of piperidine rings is 1. The lowest BCUT2D eigenvalue weighted by Gasteiger charge is -2.37. The third kappa shape index (κ3) is 1.97. The van der Waals surface area contributed by atoms with E-state index in [0.717, 1.165) is 0 Å². The molecule has 1 saturated heterocycles. The normalized spacial score (nSPS) is 32.8. The van der Waals surface area contributed by atoms with Crippen molar-refractivity contribution >= 4 is 7.41 Å². The van der Waals surface area contributed by atoms with Gasteiger partial charge in [-0.3, -0.25) is 0 Å². The van der Waals surface area contributed by atoms with E-state index in [-0.39, 0.29) is 0 Å². The molecule has 0 aromatic heterocycles. The first-order valence-corrected chi connectivity index (χ1v) is 4.38. The third-order valence-electron chi connectivity index (χ3n) is 2.63. The molecule has 1 heterocycles. The van der Waals surface area contributed by atoms with Crippen LogP contribution in [0.3, 0.4) is 0 Å². The molecule has 0 N–H and O–H groups in total. The molecule has 0 saturated carbocycles. The molecule has 2 atom stereocenters. The summed E-state index contributed by atoms with van der Waals surface area (Å²) in [4.78, 5) is 2.30. The van der Waals surface area contributed by atoms with Gasteiger partial charge in [-0.2, -0.15) is 0 Å². The molecule has 2 nitrogen and oxygen atoms in total. The van der Waals surface area contributed by atoms with Gasteiger partial charge in [-0.15, -0.1) is 0 Å². The quantitative estimate of drug-likeness (QED) is 0.523. The van der Waals surface area contributed by atoms with E-state index in [1.54, 1.807) is 0 Å². The molecule has 0 amide bonds. The minimum absolute atomic E-state index is 0.600. The lowest BCUT2D eigenvalue weighted by Crippen LogP contribution is -2.45. The van der Waals surface area contributed by atoms with Crippen molar-refractivity contribution in [3.63, 3.8) is 0 Å². The molecule has 1 fully saturated rings. The molecule has 3 heteroatoms. The Morgan fingerprint density at radius 2 is 1.91 bits per heavy atom. The SMILES string of the molecule is CC1CCCC(C)N1BC#N. The predicted octanol–water partition coefficient (Wildman–Crippen LogP) is 1.08. The molecule has 0 radical (unpaired) electrons. The first-order chi connectivity index (χ1) is 5.25. The predicted molar refractivity (Wildman–Crippen MR) is 47.4 cm³/mol. The molecule has 1 rings (SSSR count). The minimum atomic E-state index is 0.600. The summed E-state index contributed by atoms with van der Waals surface area (Å²) in [6.07, 6.45) is 3.84. The van der Waals surface area contributed by atoms with Gasteiger partial charge in [0.25, 0.3) is 0 Å². The van der Waals surface area contributed by atoms with Crippen LogP contribution < -0.4 is 0 Å². The van der Waals surface area contributed by atoms with Crippen LogP contribution >= 0.6 is 0 Å². The Hall–Kier alpha value is -0.485. The maximum atomic E-state index is 8.56. The average molecular weight is 150 g/mol. The first-order valence-electron chi connectivity index (χ1n) is 4.38. The van der Waals surface area contributed by atoms with E-state index >= 15 is 0 Å². The van der Waals surface area contributed by atoms with Crippen molar-refractivity contribution in [2.24, 2.45) is 0 Å². The first kappa shape index (κ1) is 8.61. The summed E-state index contributed by atoms with van der Waals surface area (Å²) in [6, 6.07) is 1.22. The van der Waals surface area contributed by atoms with Gasteiger partial charge in [0.2, 0.25) is 0 Å². The summed E-state index contributed by atoms with van der Waals surface area (Å²) >= 11 is 0. The smallest absolute Gasteiger partial charge is 0.327 e. The fourth-order valence-corrected chi connectivity index (χ4v) is 1.87. The Balaban J connectivity index is 2.49. The highest BCUT2D eigenvalue weighted by molar-refractivity contribution is 6.42. The summed E-state index contributed by atoms with van der Waals surface area (Å²) in [5.41, 5.74) is 0. The second-order valence-electron chi connectivity index (χ2n) is 3.46. The van der Waals surface area contributed by atoms with Gasteiger partial charge in [0.15, 0.2) is 0 Å². The molecule has 0 aromatic rings. The van der Waals surface area contributed by atoms with Gasteiger partial charge in [-0.1, -0.05) is 20.3 Å². The van der Waals surface area contributed by atoms with E-state index < -0.39 is 0 Å². The second-order valence-corrected chi connectivity index (χ2v) is 3.46. The molecular weight excluding hydrogens is 135 g/mol. The van der Waals surface area contributed by atoms with E-state index in [1.165, 1.54) is 19.3 Å². The standard InChI is InChI=1S/C8H15BN2/c1-7-4-3-5-8(2)11(7)9-6-10/h7-9H,3-5H2,1-2H3. The molecule has 60 valence electrons. The lowest BCUT2D eigenvalue weighted by molar-refractivity contribution is 0.208. The highest BCUT2D eigenvalue weighted by atomic mass is 15.1. The van der Waals surface area contributed by atoms with Gasteiger partial charge < -0.3 is 4.81 Å². The zero-order valence-electron chi connectivity index (χ0n) is 7.38. The van der Waals surface area contributed by atoms with Crippen molar-refractivity contribution in [3.05, 3.63) is 0 Å². The van der Waals surface area contributed by atoms with Crippen molar-refractivity contribution in [2.45, 2.75) is 45.2 Å². The summed E-state index contributed by atoms with van der Waals surface area (Å²) in [7, 11) is 0.600. The number of nitriles is 1. The molecule has 2 unspecified atom stereocenters. The monoisotopic (exact) mass is 150 g/mol. The Morgan fingerprint density at radius 1 is 1.36 bits per heavy atom. The molecule has 0 spiro atoms. The summed E-state index contributed by atoms with van der Waals surface area (Å²) in [5.74, 6) is 2.22. The van der Waals surface area contributed by atoms with Gasteiger partial charge in [0.05, 0.1) is 0 Å². The van der Waals surface area contributed by atoms with Gasteiger partial charge >= 0.3 is 7.41 Å². The highest BCUT2D eigenvalue weighted by Gasteiger charge is 2.24. The summed E-state index contributed by atoms with van der Waals surface area (Å²) in [5, 5.41) is 8.56. The number of rotatable bonds is 1. The molecular formula is C8H15BN2. The molecule has 1 aliphatic heterocycles. The van der Waals surface area contributed by atoms with Gasteiger partial charge in [-0.25, -0.2) is 5.26 Å². The Labute approximate surface area is 69.5 Å². The van der Waals surface area contributed by atoms with E-state index in [4.69, 9.17) is 5.26 Å². The topological polar surface area (TPSA) is 27.0 Å². The Morgan fingerprint density at radius 3 is 2.36 bits per heavy atom. The van der Waals surface area contributed by atoms with Crippen molar-refractivity contribution in [1.29, 1.82) is 5.26 Å². The zero-order chi connectivity index (χ0) is 8.27. The second kappa shape index (κ2) is 3.78. The van der Waals surface area contributed by atoms with Crippen LogP contribution in [0.4, 0.5) is 0 Å². The molecule has 0 bridgehead atoms. The molecule has 1 aliphatic rings. The largest absolute Gasteiger partial charge is 0.331 e. The van der Waals surface area contributed by atoms with Gasteiger partial charge in [0.1, 0.15) is 0 Å². The van der Waals surface area contributed by atoms with Crippen molar-refractivity contribution in [2.75, 3.05) is 0 Å². The van der Waals surface area contributed by atoms with Crippen LogP contribution in [0, 0.1) is 11.2 Å². The lowest BCUT2D eigenvalue weighted by atomic mass is 9.84. The highest BCUT2D eigenvalue weighted by Crippen LogP contribution is 2.20. The zero-order valence-corrected chi connectivity index (χ0v) is 7.38. The summed E-state index contributed by atoms with van der Waals surface area (Å²) in [6.45, 7) is 4.43. The average Bonchev–Trinajstić information content (AvgIpc) is 1.97. The van der Waals surface area contributed by atoms with Crippen LogP contribution in [0.2, 0.25) is 0 Å². The maximum absolute atomic E-state index is 8.56. The fraction of sp³-hybridized carbons (Fsp3) is 0.875. The fourth-order valence-electron chi connectivity index (χ4n) is 1.87. The van der Waals surface area contributed by atoms with Crippen LogP contribution in [0.1, 0.15) is 33.1 Å². The van der Waals surface area contributed by atoms with Crippen LogP contribution in [-0.4, -0.2) is 24.3 Å². The number of hydrogen-bond acceptors (Lipinski definition) is 2. The molecule has 11 heavy (non-hydrogen) atoms. The van der Waals surface area contributed by atoms with E-state index in [1.807, 2.05) is 0 Å². The molecule has 0 aliphatic carbocycles. The van der Waals surface area contributed by atoms with Gasteiger partial charge in [-0.05, 0) is 24.9 Å². The van der Waals surface area contributed by atoms with Crippen LogP contribution in [-0.2, 0) is 0 Å². The van der Waals surface area contributed by atoms with E-state index in [9.17, 15) is 0 Å². The van der Waals surface area contributed by atoms with Crippen LogP contribution in [0.25, 0.3) is 0 Å². The number of nitrogens with zero attached hydrogens (tertiary/aromatic N) is 2. The maximum Gasteiger partial charge on any atom is 0.331 e. The van der Waals surface area contributed by atoms with Gasteiger partial charge in [0, 0.05) is 5.97 Å². The minimum Gasteiger partial charge on any atom is -0.327 e. The third-order valence-corrected chi connectivity index (χ3v) is 2.63. The van der Waals surface area contributed by atoms with Crippen molar-refractivity contribution in [1.82, 2.24) is 4.81 Å². The van der Waals surface area contributed by atoms with Crippen molar-refractivity contribution < 1.29 is 0 Å². The Bertz CT molecular complexity index is 154. The van der Waals surface area contributed by atoms with E-state index in [2.05, 4.69) is 24.6 Å². The van der Waals surface area contributed by atoms with Crippen molar-refractivity contribution in [3.8, 4) is 5.97 Å². The Kier molecular flexibility index (Phi) is 2.96. The van der Waals surface area contributed by atoms with Crippen LogP contribution in [0.15, 0.2) is 0 Å². The molecule has 0 aromatic carbocycles. The van der Waals surface area contributed by atoms with Crippen LogP contribution in [0.5, 0.6) is 0 Å². The number of hydrogen-bond donors (Lipinski definition) is 0.